The number of aliphatic hydroxyl groups excluding tert-OH is 2. The molecule has 0 amide bonds. The summed E-state index contributed by atoms with van der Waals surface area (Å²) in [5.74, 6) is -3.23. The largest absolute Gasteiger partial charge is 0.479 e. The summed E-state index contributed by atoms with van der Waals surface area (Å²) in [6.45, 7) is 5.79. The Hall–Kier alpha value is -3.58. The van der Waals surface area contributed by atoms with E-state index in [-0.39, 0.29) is 25.9 Å². The van der Waals surface area contributed by atoms with Crippen molar-refractivity contribution >= 4 is 23.9 Å². The van der Waals surface area contributed by atoms with Gasteiger partial charge in [-0.2, -0.15) is 0 Å². The van der Waals surface area contributed by atoms with E-state index in [2.05, 4.69) is 69.4 Å². The minimum absolute atomic E-state index is 0.0406. The zero-order valence-electron chi connectivity index (χ0n) is 44.7. The Kier molecular flexibility index (Phi) is 43.7. The zero-order valence-corrected chi connectivity index (χ0v) is 44.7. The third-order valence-electron chi connectivity index (χ3n) is 12.6. The van der Waals surface area contributed by atoms with E-state index in [1.807, 2.05) is 12.2 Å². The normalized spacial score (nSPS) is 18.9. The van der Waals surface area contributed by atoms with Gasteiger partial charge < -0.3 is 39.0 Å². The van der Waals surface area contributed by atoms with Gasteiger partial charge in [0.25, 0.3) is 0 Å². The molecule has 1 heterocycles. The lowest BCUT2D eigenvalue weighted by atomic mass is 9.98. The molecule has 0 bridgehead atoms. The third kappa shape index (κ3) is 37.8. The van der Waals surface area contributed by atoms with Gasteiger partial charge in [-0.3, -0.25) is 14.4 Å². The maximum Gasteiger partial charge on any atom is 0.335 e. The Morgan fingerprint density at radius 1 is 0.479 bits per heavy atom. The summed E-state index contributed by atoms with van der Waals surface area (Å²) in [5, 5.41) is 31.4. The molecule has 1 aliphatic heterocycles. The fourth-order valence-electron chi connectivity index (χ4n) is 8.26. The first-order valence-corrected chi connectivity index (χ1v) is 28.3. The average Bonchev–Trinajstić information content (AvgIpc) is 3.35. The predicted molar refractivity (Wildman–Crippen MR) is 285 cm³/mol. The van der Waals surface area contributed by atoms with Gasteiger partial charge in [-0.15, -0.1) is 0 Å². The lowest BCUT2D eigenvalue weighted by molar-refractivity contribution is -0.301. The maximum atomic E-state index is 13.1. The summed E-state index contributed by atoms with van der Waals surface area (Å²) in [6.07, 6.45) is 45.0. The molecule has 12 heteroatoms. The van der Waals surface area contributed by atoms with Gasteiger partial charge in [-0.1, -0.05) is 210 Å². The summed E-state index contributed by atoms with van der Waals surface area (Å²) in [6, 6.07) is 0. The molecule has 71 heavy (non-hydrogen) atoms. The molecule has 0 spiro atoms. The van der Waals surface area contributed by atoms with E-state index in [9.17, 15) is 34.5 Å². The molecule has 0 radical (unpaired) electrons. The summed E-state index contributed by atoms with van der Waals surface area (Å²) in [5.41, 5.74) is 0. The van der Waals surface area contributed by atoms with Crippen molar-refractivity contribution in [2.24, 2.45) is 0 Å². The number of carboxylic acid groups (broad SMARTS) is 1. The van der Waals surface area contributed by atoms with Crippen LogP contribution in [0.4, 0.5) is 0 Å². The van der Waals surface area contributed by atoms with Crippen molar-refractivity contribution < 1.29 is 58.2 Å². The van der Waals surface area contributed by atoms with Crippen molar-refractivity contribution in [2.45, 2.75) is 276 Å². The van der Waals surface area contributed by atoms with Crippen LogP contribution in [0.1, 0.15) is 239 Å². The molecule has 1 aliphatic rings. The van der Waals surface area contributed by atoms with Gasteiger partial charge in [0.15, 0.2) is 24.6 Å². The number of carbonyl (C=O) groups is 4. The predicted octanol–water partition coefficient (Wildman–Crippen LogP) is 14.0. The van der Waals surface area contributed by atoms with Gasteiger partial charge in [-0.25, -0.2) is 4.79 Å². The summed E-state index contributed by atoms with van der Waals surface area (Å²) < 4.78 is 28.3. The van der Waals surface area contributed by atoms with E-state index in [1.54, 1.807) is 0 Å². The zero-order chi connectivity index (χ0) is 51.8. The van der Waals surface area contributed by atoms with E-state index >= 15 is 0 Å². The van der Waals surface area contributed by atoms with Crippen LogP contribution in [0.25, 0.3) is 0 Å². The molecule has 0 saturated carbocycles. The van der Waals surface area contributed by atoms with Crippen molar-refractivity contribution in [3.63, 3.8) is 0 Å². The highest BCUT2D eigenvalue weighted by molar-refractivity contribution is 5.74. The number of unbranched alkanes of at least 4 members (excludes halogenated alkanes) is 23. The summed E-state index contributed by atoms with van der Waals surface area (Å²) in [7, 11) is 0. The molecule has 1 rings (SSSR count). The second kappa shape index (κ2) is 47.4. The van der Waals surface area contributed by atoms with E-state index < -0.39 is 67.3 Å². The molecular weight excluding hydrogens is 901 g/mol. The molecule has 0 aromatic heterocycles. The lowest BCUT2D eigenvalue weighted by Crippen LogP contribution is -2.61. The molecule has 12 nitrogen and oxygen atoms in total. The Balaban J connectivity index is 2.75. The maximum absolute atomic E-state index is 13.1. The van der Waals surface area contributed by atoms with Gasteiger partial charge in [0.05, 0.1) is 6.61 Å². The van der Waals surface area contributed by atoms with Gasteiger partial charge in [0, 0.05) is 19.3 Å². The van der Waals surface area contributed by atoms with Gasteiger partial charge in [0.2, 0.25) is 0 Å². The van der Waals surface area contributed by atoms with Crippen LogP contribution in [0.3, 0.4) is 0 Å². The SMILES string of the molecule is CC/C=C\C/C=C\C/C=C\C/C=C\CCC(=O)OC(COC(=O)CCCCCCC/C=C\CCCCCCCC)COC1OC(C(=O)O)C(O)C(O)C1OC(=O)CCCCCCCCCCCCCCC. The quantitative estimate of drug-likeness (QED) is 0.0228. The van der Waals surface area contributed by atoms with Crippen LogP contribution in [0, 0.1) is 0 Å². The number of rotatable bonds is 47. The fraction of sp³-hybridized carbons (Fsp3) is 0.763. The van der Waals surface area contributed by atoms with Gasteiger partial charge in [-0.05, 0) is 70.6 Å². The number of carbonyl (C=O) groups excluding carboxylic acids is 3. The number of ether oxygens (including phenoxy) is 5. The van der Waals surface area contributed by atoms with Gasteiger partial charge in [0.1, 0.15) is 18.8 Å². The van der Waals surface area contributed by atoms with Crippen molar-refractivity contribution in [3.8, 4) is 0 Å². The molecule has 408 valence electrons. The van der Waals surface area contributed by atoms with E-state index in [0.29, 0.717) is 25.7 Å². The molecule has 0 aromatic carbocycles. The van der Waals surface area contributed by atoms with E-state index in [4.69, 9.17) is 23.7 Å². The number of aliphatic carboxylic acids is 1. The Morgan fingerprint density at radius 3 is 1.41 bits per heavy atom. The topological polar surface area (TPSA) is 175 Å². The van der Waals surface area contributed by atoms with Crippen LogP contribution in [0.2, 0.25) is 0 Å². The molecule has 1 saturated heterocycles. The fourth-order valence-corrected chi connectivity index (χ4v) is 8.26. The number of esters is 3. The monoisotopic (exact) mass is 1000 g/mol. The van der Waals surface area contributed by atoms with Gasteiger partial charge >= 0.3 is 23.9 Å². The molecule has 0 aromatic rings. The first kappa shape index (κ1) is 65.4. The van der Waals surface area contributed by atoms with Crippen molar-refractivity contribution in [3.05, 3.63) is 60.8 Å². The highest BCUT2D eigenvalue weighted by atomic mass is 16.7. The highest BCUT2D eigenvalue weighted by Gasteiger charge is 2.50. The summed E-state index contributed by atoms with van der Waals surface area (Å²) in [4.78, 5) is 50.9. The molecule has 3 N–H and O–H groups in total. The van der Waals surface area contributed by atoms with Crippen LogP contribution in [0.5, 0.6) is 0 Å². The van der Waals surface area contributed by atoms with Crippen LogP contribution in [-0.4, -0.2) is 89.2 Å². The highest BCUT2D eigenvalue weighted by Crippen LogP contribution is 2.26. The van der Waals surface area contributed by atoms with Crippen LogP contribution < -0.4 is 0 Å². The molecule has 0 aliphatic carbocycles. The second-order valence-corrected chi connectivity index (χ2v) is 19.2. The number of allylic oxidation sites excluding steroid dienone is 10. The van der Waals surface area contributed by atoms with E-state index in [0.717, 1.165) is 83.5 Å². The molecular formula is C59H100O12. The van der Waals surface area contributed by atoms with E-state index in [1.165, 1.54) is 89.9 Å². The number of hydrogen-bond acceptors (Lipinski definition) is 11. The van der Waals surface area contributed by atoms with Crippen molar-refractivity contribution in [1.29, 1.82) is 0 Å². The molecule has 1 fully saturated rings. The number of carboxylic acids is 1. The van der Waals surface area contributed by atoms with Crippen LogP contribution in [-0.2, 0) is 42.9 Å². The second-order valence-electron chi connectivity index (χ2n) is 19.2. The van der Waals surface area contributed by atoms with Crippen LogP contribution >= 0.6 is 0 Å². The minimum Gasteiger partial charge on any atom is -0.479 e. The third-order valence-corrected chi connectivity index (χ3v) is 12.6. The smallest absolute Gasteiger partial charge is 0.335 e. The first-order valence-electron chi connectivity index (χ1n) is 28.3. The van der Waals surface area contributed by atoms with Crippen LogP contribution in [0.15, 0.2) is 60.8 Å². The minimum atomic E-state index is -1.91. The Labute approximate surface area is 430 Å². The van der Waals surface area contributed by atoms with Crippen molar-refractivity contribution in [1.82, 2.24) is 0 Å². The number of hydrogen-bond donors (Lipinski definition) is 3. The molecule has 6 unspecified atom stereocenters. The number of aliphatic hydroxyl groups is 2. The average molecular weight is 1000 g/mol. The first-order chi connectivity index (χ1) is 34.6. The Bertz CT molecular complexity index is 1470. The summed E-state index contributed by atoms with van der Waals surface area (Å²) >= 11 is 0. The Morgan fingerprint density at radius 2 is 0.915 bits per heavy atom. The standard InChI is InChI=1S/C59H100O12/c1-4-7-10-13-16-19-22-25-26-29-30-33-36-39-42-45-51(60)67-48-50(69-52(61)46-43-40-37-34-31-27-23-20-17-14-11-8-5-2)49-68-59-57(55(64)54(63)56(71-59)58(65)66)70-53(62)47-44-41-38-35-32-28-24-21-18-15-12-9-6-3/h8,11,17,20,25-27,31,37,40,50,54-57,59,63-64H,4-7,9-10,12-16,18-19,21-24,28-30,32-36,38-39,41-49H2,1-3H3,(H,65,66)/b11-8-,20-17-,26-25-,31-27-,40-37-. The molecule has 6 atom stereocenters. The van der Waals surface area contributed by atoms with Crippen molar-refractivity contribution in [2.75, 3.05) is 13.2 Å². The lowest BCUT2D eigenvalue weighted by Gasteiger charge is -2.40.